The molecule has 2 rings (SSSR count). The van der Waals surface area contributed by atoms with Gasteiger partial charge in [-0.3, -0.25) is 4.79 Å². The van der Waals surface area contributed by atoms with Crippen molar-refractivity contribution in [2.24, 2.45) is 11.8 Å². The summed E-state index contributed by atoms with van der Waals surface area (Å²) in [6.07, 6.45) is -5.91. The number of halogens is 5. The highest BCUT2D eigenvalue weighted by Crippen LogP contribution is 2.64. The first-order chi connectivity index (χ1) is 10.4. The van der Waals surface area contributed by atoms with Crippen LogP contribution in [0.25, 0.3) is 0 Å². The topological polar surface area (TPSA) is 46.5 Å². The van der Waals surface area contributed by atoms with Crippen molar-refractivity contribution < 1.29 is 36.6 Å². The lowest BCUT2D eigenvalue weighted by Gasteiger charge is -2.44. The van der Waals surface area contributed by atoms with Crippen molar-refractivity contribution in [2.45, 2.75) is 75.7 Å². The number of alkyl halides is 5. The Bertz CT molecular complexity index is 478. The summed E-state index contributed by atoms with van der Waals surface area (Å²) in [4.78, 5) is 12.0. The number of ether oxygens (including phenoxy) is 1. The van der Waals surface area contributed by atoms with Gasteiger partial charge in [-0.2, -0.15) is 22.0 Å². The average Bonchev–Trinajstić information content (AvgIpc) is 2.63. The fraction of sp³-hybridized carbons (Fsp3) is 0.933. The summed E-state index contributed by atoms with van der Waals surface area (Å²) in [5.41, 5.74) is -6.74. The minimum absolute atomic E-state index is 0.0712. The van der Waals surface area contributed by atoms with E-state index in [1.165, 1.54) is 6.92 Å². The lowest BCUT2D eigenvalue weighted by Crippen LogP contribution is -2.64. The van der Waals surface area contributed by atoms with Crippen molar-refractivity contribution in [2.75, 3.05) is 0 Å². The predicted octanol–water partition coefficient (Wildman–Crippen LogP) is 3.84. The van der Waals surface area contributed by atoms with Gasteiger partial charge in [0.25, 0.3) is 0 Å². The lowest BCUT2D eigenvalue weighted by atomic mass is 9.76. The molecule has 3 nitrogen and oxygen atoms in total. The number of aliphatic hydroxyl groups is 1. The van der Waals surface area contributed by atoms with Gasteiger partial charge in [0.15, 0.2) is 5.60 Å². The van der Waals surface area contributed by atoms with Crippen LogP contribution in [0.15, 0.2) is 0 Å². The molecule has 0 bridgehead atoms. The van der Waals surface area contributed by atoms with Gasteiger partial charge in [-0.05, 0) is 32.1 Å². The summed E-state index contributed by atoms with van der Waals surface area (Å²) in [6, 6.07) is 0. The Kier molecular flexibility index (Phi) is 4.46. The van der Waals surface area contributed by atoms with E-state index in [0.29, 0.717) is 12.8 Å². The first-order valence-electron chi connectivity index (χ1n) is 7.82. The number of carbonyl (C=O) groups excluding carboxylic acids is 1. The van der Waals surface area contributed by atoms with Gasteiger partial charge in [0.05, 0.1) is 5.92 Å². The maximum absolute atomic E-state index is 14.8. The third kappa shape index (κ3) is 2.44. The highest BCUT2D eigenvalue weighted by atomic mass is 19.4. The predicted molar refractivity (Wildman–Crippen MR) is 70.8 cm³/mol. The van der Waals surface area contributed by atoms with E-state index >= 15 is 0 Å². The van der Waals surface area contributed by atoms with Crippen molar-refractivity contribution in [1.82, 2.24) is 0 Å². The molecule has 0 saturated heterocycles. The van der Waals surface area contributed by atoms with Gasteiger partial charge >= 0.3 is 18.1 Å². The van der Waals surface area contributed by atoms with Crippen molar-refractivity contribution in [3.63, 3.8) is 0 Å². The molecule has 2 saturated carbocycles. The van der Waals surface area contributed by atoms with Crippen LogP contribution in [0.1, 0.15) is 52.4 Å². The van der Waals surface area contributed by atoms with Gasteiger partial charge in [0.1, 0.15) is 0 Å². The van der Waals surface area contributed by atoms with Gasteiger partial charge in [-0.15, -0.1) is 0 Å². The molecular weight excluding hydrogens is 323 g/mol. The zero-order chi connectivity index (χ0) is 17.7. The van der Waals surface area contributed by atoms with Crippen LogP contribution in [-0.2, 0) is 9.53 Å². The molecule has 0 spiro atoms. The normalized spacial score (nSPS) is 38.0. The number of carbonyl (C=O) groups is 1. The van der Waals surface area contributed by atoms with Crippen LogP contribution < -0.4 is 0 Å². The van der Waals surface area contributed by atoms with Crippen molar-refractivity contribution in [3.8, 4) is 0 Å². The molecule has 0 aromatic carbocycles. The number of hydrogen-bond acceptors (Lipinski definition) is 3. The standard InChI is InChI=1S/C15H21F5O3/c1-3-9(2)11(21)23-12-7-5-4-6-10(12)8-13(22,14(12,16)17)15(18,19)20/h9-10,22H,3-8H2,1-2H3. The Labute approximate surface area is 131 Å². The Hall–Kier alpha value is -0.920. The third-order valence-electron chi connectivity index (χ3n) is 5.37. The quantitative estimate of drug-likeness (QED) is 0.625. The van der Waals surface area contributed by atoms with E-state index in [1.807, 2.05) is 0 Å². The molecule has 0 aromatic rings. The maximum atomic E-state index is 14.8. The third-order valence-corrected chi connectivity index (χ3v) is 5.37. The molecule has 2 fully saturated rings. The first-order valence-corrected chi connectivity index (χ1v) is 7.82. The molecule has 8 heteroatoms. The van der Waals surface area contributed by atoms with Gasteiger partial charge in [0, 0.05) is 5.92 Å². The molecule has 2 aliphatic rings. The van der Waals surface area contributed by atoms with Crippen LogP contribution in [0.3, 0.4) is 0 Å². The average molecular weight is 344 g/mol. The van der Waals surface area contributed by atoms with Gasteiger partial charge < -0.3 is 9.84 Å². The molecule has 23 heavy (non-hydrogen) atoms. The molecule has 0 amide bonds. The number of hydrogen-bond donors (Lipinski definition) is 1. The SMILES string of the molecule is CCC(C)C(=O)OC12CCCCC1CC(O)(C(F)(F)F)C2(F)F. The van der Waals surface area contributed by atoms with E-state index in [-0.39, 0.29) is 19.3 Å². The van der Waals surface area contributed by atoms with Crippen LogP contribution in [0, 0.1) is 11.8 Å². The summed E-state index contributed by atoms with van der Waals surface area (Å²) in [5.74, 6) is -7.41. The van der Waals surface area contributed by atoms with E-state index in [1.54, 1.807) is 6.92 Å². The molecule has 4 unspecified atom stereocenters. The van der Waals surface area contributed by atoms with Crippen LogP contribution >= 0.6 is 0 Å². The second kappa shape index (κ2) is 5.57. The molecule has 0 aromatic heterocycles. The Morgan fingerprint density at radius 2 is 1.96 bits per heavy atom. The van der Waals surface area contributed by atoms with Gasteiger partial charge in [-0.1, -0.05) is 20.3 Å². The molecule has 0 radical (unpaired) electrons. The van der Waals surface area contributed by atoms with Crippen molar-refractivity contribution in [1.29, 1.82) is 0 Å². The number of esters is 1. The van der Waals surface area contributed by atoms with Crippen LogP contribution in [-0.4, -0.2) is 34.4 Å². The minimum atomic E-state index is -5.50. The highest BCUT2D eigenvalue weighted by Gasteiger charge is 2.84. The molecule has 2 aliphatic carbocycles. The maximum Gasteiger partial charge on any atom is 0.423 e. The van der Waals surface area contributed by atoms with Crippen LogP contribution in [0.2, 0.25) is 0 Å². The van der Waals surface area contributed by atoms with Gasteiger partial charge in [-0.25, -0.2) is 0 Å². The van der Waals surface area contributed by atoms with Crippen molar-refractivity contribution >= 4 is 5.97 Å². The Morgan fingerprint density at radius 1 is 1.35 bits per heavy atom. The zero-order valence-corrected chi connectivity index (χ0v) is 13.1. The molecule has 134 valence electrons. The Balaban J connectivity index is 2.46. The van der Waals surface area contributed by atoms with Crippen LogP contribution in [0.4, 0.5) is 22.0 Å². The molecule has 4 atom stereocenters. The summed E-state index contributed by atoms with van der Waals surface area (Å²) in [5, 5.41) is 9.79. The van der Waals surface area contributed by atoms with Gasteiger partial charge in [0.2, 0.25) is 5.60 Å². The number of fused-ring (bicyclic) bond motifs is 1. The summed E-state index contributed by atoms with van der Waals surface area (Å²) >= 11 is 0. The molecule has 0 heterocycles. The molecule has 0 aliphatic heterocycles. The van der Waals surface area contributed by atoms with E-state index in [9.17, 15) is 31.9 Å². The fourth-order valence-corrected chi connectivity index (χ4v) is 3.67. The zero-order valence-electron chi connectivity index (χ0n) is 13.1. The van der Waals surface area contributed by atoms with E-state index in [0.717, 1.165) is 0 Å². The highest BCUT2D eigenvalue weighted by molar-refractivity contribution is 5.72. The number of rotatable bonds is 3. The van der Waals surface area contributed by atoms with E-state index < -0.39 is 47.5 Å². The lowest BCUT2D eigenvalue weighted by molar-refractivity contribution is -0.346. The fourth-order valence-electron chi connectivity index (χ4n) is 3.67. The minimum Gasteiger partial charge on any atom is -0.452 e. The molecular formula is C15H21F5O3. The smallest absolute Gasteiger partial charge is 0.423 e. The second-order valence-electron chi connectivity index (χ2n) is 6.70. The Morgan fingerprint density at radius 3 is 2.48 bits per heavy atom. The van der Waals surface area contributed by atoms with Crippen molar-refractivity contribution in [3.05, 3.63) is 0 Å². The largest absolute Gasteiger partial charge is 0.452 e. The summed E-state index contributed by atoms with van der Waals surface area (Å²) < 4.78 is 74.0. The first kappa shape index (κ1) is 18.4. The van der Waals surface area contributed by atoms with Crippen LogP contribution in [0.5, 0.6) is 0 Å². The summed E-state index contributed by atoms with van der Waals surface area (Å²) in [6.45, 7) is 3.13. The second-order valence-corrected chi connectivity index (χ2v) is 6.70. The van der Waals surface area contributed by atoms with E-state index in [2.05, 4.69) is 0 Å². The monoisotopic (exact) mass is 344 g/mol. The summed E-state index contributed by atoms with van der Waals surface area (Å²) in [7, 11) is 0. The molecule has 1 N–H and O–H groups in total. The van der Waals surface area contributed by atoms with E-state index in [4.69, 9.17) is 4.74 Å².